The average molecular weight is 437 g/mol. The fourth-order valence-corrected chi connectivity index (χ4v) is 4.48. The molecule has 1 N–H and O–H groups in total. The van der Waals surface area contributed by atoms with Crippen LogP contribution in [-0.2, 0) is 25.7 Å². The van der Waals surface area contributed by atoms with E-state index in [1.54, 1.807) is 17.9 Å². The smallest absolute Gasteiger partial charge is 0.255 e. The summed E-state index contributed by atoms with van der Waals surface area (Å²) in [5, 5.41) is 2.32. The number of ether oxygens (including phenoxy) is 1. The third-order valence-electron chi connectivity index (χ3n) is 6.50. The first-order chi connectivity index (χ1) is 15.4. The molecule has 8 heteroatoms. The van der Waals surface area contributed by atoms with E-state index < -0.39 is 18.1 Å². The molecule has 1 unspecified atom stereocenters. The zero-order chi connectivity index (χ0) is 22.8. The molecule has 1 aromatic rings. The monoisotopic (exact) mass is 437 g/mol. The standard InChI is InChI=1S/C24H27N3O5/c1-15(32-2)23(30)26-12-10-16(11-13-26)6-7-17-4-3-5-18-19(17)14-27(24(18)31)20-8-9-21(28)25-22(20)29/h3-5,15-16,20H,8-14H2,1-2H3,(H,25,28,29)/t15-,20?/m1/s1. The summed E-state index contributed by atoms with van der Waals surface area (Å²) < 4.78 is 5.12. The first kappa shape index (κ1) is 22.0. The van der Waals surface area contributed by atoms with E-state index in [1.165, 1.54) is 7.11 Å². The van der Waals surface area contributed by atoms with Crippen molar-refractivity contribution in [2.24, 2.45) is 5.92 Å². The number of nitrogens with one attached hydrogen (secondary N) is 1. The number of methoxy groups -OCH3 is 1. The molecule has 1 aromatic carbocycles. The molecule has 4 amide bonds. The van der Waals surface area contributed by atoms with Crippen molar-refractivity contribution in [2.75, 3.05) is 20.2 Å². The van der Waals surface area contributed by atoms with Crippen molar-refractivity contribution in [1.29, 1.82) is 0 Å². The molecule has 3 heterocycles. The van der Waals surface area contributed by atoms with Gasteiger partial charge in [-0.15, -0.1) is 0 Å². The summed E-state index contributed by atoms with van der Waals surface area (Å²) in [4.78, 5) is 52.2. The molecule has 0 radical (unpaired) electrons. The predicted octanol–water partition coefficient (Wildman–Crippen LogP) is 1.07. The Morgan fingerprint density at radius 2 is 1.94 bits per heavy atom. The highest BCUT2D eigenvalue weighted by Gasteiger charge is 2.39. The molecule has 4 rings (SSSR count). The molecule has 8 nitrogen and oxygen atoms in total. The molecule has 168 valence electrons. The largest absolute Gasteiger partial charge is 0.372 e. The number of fused-ring (bicyclic) bond motifs is 1. The van der Waals surface area contributed by atoms with Crippen LogP contribution >= 0.6 is 0 Å². The predicted molar refractivity (Wildman–Crippen MR) is 115 cm³/mol. The second-order valence-electron chi connectivity index (χ2n) is 8.48. The van der Waals surface area contributed by atoms with Gasteiger partial charge < -0.3 is 14.5 Å². The van der Waals surface area contributed by atoms with Crippen LogP contribution in [0.1, 0.15) is 54.1 Å². The summed E-state index contributed by atoms with van der Waals surface area (Å²) in [6.45, 7) is 3.37. The highest BCUT2D eigenvalue weighted by atomic mass is 16.5. The summed E-state index contributed by atoms with van der Waals surface area (Å²) in [6, 6.07) is 4.83. The number of imide groups is 1. The lowest BCUT2D eigenvalue weighted by Gasteiger charge is -2.31. The summed E-state index contributed by atoms with van der Waals surface area (Å²) >= 11 is 0. The van der Waals surface area contributed by atoms with Crippen molar-refractivity contribution in [1.82, 2.24) is 15.1 Å². The molecule has 0 aliphatic carbocycles. The Morgan fingerprint density at radius 1 is 1.19 bits per heavy atom. The number of hydrogen-bond donors (Lipinski definition) is 1. The third-order valence-corrected chi connectivity index (χ3v) is 6.50. The zero-order valence-corrected chi connectivity index (χ0v) is 18.3. The van der Waals surface area contributed by atoms with Gasteiger partial charge in [0.25, 0.3) is 11.8 Å². The quantitative estimate of drug-likeness (QED) is 0.564. The molecular formula is C24H27N3O5. The summed E-state index contributed by atoms with van der Waals surface area (Å²) in [5.41, 5.74) is 2.18. The number of likely N-dealkylation sites (tertiary alicyclic amines) is 1. The van der Waals surface area contributed by atoms with Crippen LogP contribution in [-0.4, -0.2) is 65.8 Å². The van der Waals surface area contributed by atoms with E-state index in [2.05, 4.69) is 17.2 Å². The number of rotatable bonds is 3. The Kier molecular flexibility index (Phi) is 6.28. The van der Waals surface area contributed by atoms with E-state index in [0.29, 0.717) is 31.6 Å². The molecule has 0 spiro atoms. The Labute approximate surface area is 187 Å². The van der Waals surface area contributed by atoms with E-state index in [9.17, 15) is 19.2 Å². The lowest BCUT2D eigenvalue weighted by molar-refractivity contribution is -0.142. The summed E-state index contributed by atoms with van der Waals surface area (Å²) in [6.07, 6.45) is 1.73. The average Bonchev–Trinajstić information content (AvgIpc) is 3.14. The van der Waals surface area contributed by atoms with Crippen LogP contribution in [0, 0.1) is 17.8 Å². The number of benzene rings is 1. The first-order valence-corrected chi connectivity index (χ1v) is 11.0. The maximum Gasteiger partial charge on any atom is 0.255 e. The molecule has 0 bridgehead atoms. The van der Waals surface area contributed by atoms with Gasteiger partial charge in [-0.05, 0) is 43.9 Å². The minimum absolute atomic E-state index is 0.00633. The van der Waals surface area contributed by atoms with Gasteiger partial charge in [0.1, 0.15) is 12.1 Å². The highest BCUT2D eigenvalue weighted by molar-refractivity contribution is 6.05. The van der Waals surface area contributed by atoms with E-state index in [-0.39, 0.29) is 30.1 Å². The number of hydrogen-bond acceptors (Lipinski definition) is 5. The second kappa shape index (κ2) is 9.13. The second-order valence-corrected chi connectivity index (χ2v) is 8.48. The normalized spacial score (nSPS) is 22.2. The summed E-state index contributed by atoms with van der Waals surface area (Å²) in [7, 11) is 1.53. The molecule has 2 fully saturated rings. The van der Waals surface area contributed by atoms with Gasteiger partial charge in [0.05, 0.1) is 0 Å². The number of nitrogens with zero attached hydrogens (tertiary/aromatic N) is 2. The molecule has 32 heavy (non-hydrogen) atoms. The topological polar surface area (TPSA) is 96.0 Å². The number of amides is 4. The van der Waals surface area contributed by atoms with Crippen LogP contribution < -0.4 is 5.32 Å². The van der Waals surface area contributed by atoms with Crippen LogP contribution in [0.2, 0.25) is 0 Å². The van der Waals surface area contributed by atoms with Crippen molar-refractivity contribution in [3.05, 3.63) is 34.9 Å². The molecule has 0 aromatic heterocycles. The van der Waals surface area contributed by atoms with Gasteiger partial charge in [0, 0.05) is 50.2 Å². The van der Waals surface area contributed by atoms with E-state index in [4.69, 9.17) is 4.74 Å². The Balaban J connectivity index is 1.44. The Hall–Kier alpha value is -3.18. The van der Waals surface area contributed by atoms with Crippen molar-refractivity contribution >= 4 is 23.6 Å². The van der Waals surface area contributed by atoms with Gasteiger partial charge in [0.15, 0.2) is 0 Å². The molecular weight excluding hydrogens is 410 g/mol. The minimum Gasteiger partial charge on any atom is -0.372 e. The Morgan fingerprint density at radius 3 is 2.62 bits per heavy atom. The lowest BCUT2D eigenvalue weighted by Crippen LogP contribution is -2.52. The van der Waals surface area contributed by atoms with Crippen LogP contribution in [0.4, 0.5) is 0 Å². The van der Waals surface area contributed by atoms with Gasteiger partial charge in [0.2, 0.25) is 11.8 Å². The van der Waals surface area contributed by atoms with Gasteiger partial charge in [-0.25, -0.2) is 0 Å². The van der Waals surface area contributed by atoms with E-state index in [1.807, 2.05) is 17.0 Å². The zero-order valence-electron chi connectivity index (χ0n) is 18.3. The van der Waals surface area contributed by atoms with Crippen molar-refractivity contribution in [2.45, 2.75) is 51.3 Å². The fourth-order valence-electron chi connectivity index (χ4n) is 4.48. The number of piperidine rings is 2. The molecule has 0 saturated carbocycles. The van der Waals surface area contributed by atoms with Crippen LogP contribution in [0.15, 0.2) is 18.2 Å². The van der Waals surface area contributed by atoms with Crippen LogP contribution in [0.25, 0.3) is 0 Å². The molecule has 2 atom stereocenters. The maximum absolute atomic E-state index is 12.9. The van der Waals surface area contributed by atoms with Crippen molar-refractivity contribution < 1.29 is 23.9 Å². The third kappa shape index (κ3) is 4.26. The first-order valence-electron chi connectivity index (χ1n) is 11.0. The summed E-state index contributed by atoms with van der Waals surface area (Å²) in [5.74, 6) is 5.83. The highest BCUT2D eigenvalue weighted by Crippen LogP contribution is 2.29. The number of carbonyl (C=O) groups is 4. The van der Waals surface area contributed by atoms with Crippen LogP contribution in [0.5, 0.6) is 0 Å². The number of carbonyl (C=O) groups excluding carboxylic acids is 4. The van der Waals surface area contributed by atoms with E-state index in [0.717, 1.165) is 24.0 Å². The molecule has 2 saturated heterocycles. The van der Waals surface area contributed by atoms with Crippen LogP contribution in [0.3, 0.4) is 0 Å². The van der Waals surface area contributed by atoms with Gasteiger partial charge in [-0.3, -0.25) is 24.5 Å². The van der Waals surface area contributed by atoms with Gasteiger partial charge in [-0.1, -0.05) is 17.9 Å². The van der Waals surface area contributed by atoms with Crippen molar-refractivity contribution in [3.8, 4) is 11.8 Å². The fraction of sp³-hybridized carbons (Fsp3) is 0.500. The molecule has 3 aliphatic rings. The van der Waals surface area contributed by atoms with Crippen molar-refractivity contribution in [3.63, 3.8) is 0 Å². The Bertz CT molecular complexity index is 1020. The van der Waals surface area contributed by atoms with Gasteiger partial charge >= 0.3 is 0 Å². The minimum atomic E-state index is -0.634. The van der Waals surface area contributed by atoms with Gasteiger partial charge in [-0.2, -0.15) is 0 Å². The lowest BCUT2D eigenvalue weighted by atomic mass is 9.96. The SMILES string of the molecule is CO[C@H](C)C(=O)N1CCC(C#Cc2cccc3c2CN(C2CCC(=O)NC2=O)C3=O)CC1. The maximum atomic E-state index is 12.9. The molecule has 3 aliphatic heterocycles. The van der Waals surface area contributed by atoms with E-state index >= 15 is 0 Å².